The number of ether oxygens (including phenoxy) is 3. The molecule has 13 nitrogen and oxygen atoms in total. The third kappa shape index (κ3) is 6.54. The molecule has 0 aliphatic carbocycles. The largest absolute Gasteiger partial charge is 0.394 e. The number of aliphatic hydroxyl groups is 8. The zero-order chi connectivity index (χ0) is 29.4. The number of carbonyl (C=O) groups is 2. The predicted octanol–water partition coefficient (Wildman–Crippen LogP) is -1.58. The second kappa shape index (κ2) is 14.7. The maximum absolute atomic E-state index is 13.9. The summed E-state index contributed by atoms with van der Waals surface area (Å²) in [5, 5.41) is 84.5. The van der Waals surface area contributed by atoms with Crippen LogP contribution in [0.3, 0.4) is 0 Å². The van der Waals surface area contributed by atoms with Crippen LogP contribution >= 0.6 is 0 Å². The molecule has 9 atom stereocenters. The van der Waals surface area contributed by atoms with Gasteiger partial charge in [0.15, 0.2) is 11.6 Å². The van der Waals surface area contributed by atoms with E-state index in [0.29, 0.717) is 12.8 Å². The quantitative estimate of drug-likeness (QED) is 0.0932. The molecule has 2 fully saturated rings. The lowest BCUT2D eigenvalue weighted by Crippen LogP contribution is -2.81. The molecule has 228 valence electrons. The number of aliphatic hydroxyl groups excluding tert-OH is 7. The highest BCUT2D eigenvalue weighted by atomic mass is 16.8. The summed E-state index contributed by atoms with van der Waals surface area (Å²) in [5.41, 5.74) is -3.26. The van der Waals surface area contributed by atoms with E-state index in [-0.39, 0.29) is 25.7 Å². The number of Topliss-reactive ketones (excluding diaryl/α,β-unsaturated/α-hetero) is 2. The molecule has 0 bridgehead atoms. The van der Waals surface area contributed by atoms with Crippen molar-refractivity contribution in [3.8, 4) is 0 Å². The Kier molecular flexibility index (Phi) is 12.8. The van der Waals surface area contributed by atoms with Crippen LogP contribution in [0.1, 0.15) is 78.1 Å². The number of unbranched alkanes of at least 4 members (excludes halogenated alkanes) is 6. The molecule has 2 aliphatic rings. The van der Waals surface area contributed by atoms with Gasteiger partial charge >= 0.3 is 0 Å². The highest BCUT2D eigenvalue weighted by Crippen LogP contribution is 2.47. The van der Waals surface area contributed by atoms with Gasteiger partial charge < -0.3 is 55.1 Å². The molecule has 0 amide bonds. The Balaban J connectivity index is 2.67. The minimum Gasteiger partial charge on any atom is -0.394 e. The van der Waals surface area contributed by atoms with E-state index in [2.05, 4.69) is 0 Å². The van der Waals surface area contributed by atoms with Crippen molar-refractivity contribution in [2.24, 2.45) is 0 Å². The van der Waals surface area contributed by atoms with Gasteiger partial charge in [-0.25, -0.2) is 0 Å². The topological polar surface area (TPSA) is 224 Å². The van der Waals surface area contributed by atoms with Crippen molar-refractivity contribution >= 4 is 11.6 Å². The van der Waals surface area contributed by atoms with Crippen molar-refractivity contribution < 1.29 is 64.7 Å². The van der Waals surface area contributed by atoms with Crippen molar-refractivity contribution in [3.05, 3.63) is 0 Å². The summed E-state index contributed by atoms with van der Waals surface area (Å²) in [6.07, 6.45) is -7.39. The van der Waals surface area contributed by atoms with Gasteiger partial charge in [-0.05, 0) is 12.8 Å². The van der Waals surface area contributed by atoms with E-state index < -0.39 is 85.2 Å². The Bertz CT molecular complexity index is 796. The Hall–Kier alpha value is -1.10. The Morgan fingerprint density at radius 2 is 1.21 bits per heavy atom. The van der Waals surface area contributed by atoms with Crippen molar-refractivity contribution in [2.45, 2.75) is 132 Å². The smallest absolute Gasteiger partial charge is 0.271 e. The molecule has 2 rings (SSSR count). The minimum absolute atomic E-state index is 0.252. The first-order valence-electron chi connectivity index (χ1n) is 13.9. The highest BCUT2D eigenvalue weighted by Gasteiger charge is 2.74. The summed E-state index contributed by atoms with van der Waals surface area (Å²) in [6.45, 7) is 0.862. The van der Waals surface area contributed by atoms with Crippen LogP contribution in [0.5, 0.6) is 0 Å². The molecular formula is C26H46O13. The lowest BCUT2D eigenvalue weighted by molar-refractivity contribution is -0.431. The summed E-state index contributed by atoms with van der Waals surface area (Å²) in [5.74, 6) is -8.06. The van der Waals surface area contributed by atoms with E-state index in [4.69, 9.17) is 14.2 Å². The van der Waals surface area contributed by atoms with Crippen molar-refractivity contribution in [1.29, 1.82) is 0 Å². The van der Waals surface area contributed by atoms with Crippen LogP contribution in [-0.4, -0.2) is 126 Å². The molecule has 0 spiro atoms. The molecule has 2 saturated heterocycles. The Morgan fingerprint density at radius 3 is 1.67 bits per heavy atom. The fourth-order valence-electron chi connectivity index (χ4n) is 5.22. The van der Waals surface area contributed by atoms with Gasteiger partial charge in [-0.2, -0.15) is 0 Å². The molecule has 0 aromatic carbocycles. The Morgan fingerprint density at radius 1 is 0.718 bits per heavy atom. The summed E-state index contributed by atoms with van der Waals surface area (Å²) in [6, 6.07) is 0. The molecule has 1 unspecified atom stereocenters. The van der Waals surface area contributed by atoms with Crippen LogP contribution in [-0.2, 0) is 23.8 Å². The monoisotopic (exact) mass is 566 g/mol. The molecule has 8 N–H and O–H groups in total. The number of hydrogen-bond acceptors (Lipinski definition) is 13. The summed E-state index contributed by atoms with van der Waals surface area (Å²) < 4.78 is 16.9. The van der Waals surface area contributed by atoms with Crippen LogP contribution < -0.4 is 0 Å². The fourth-order valence-corrected chi connectivity index (χ4v) is 5.22. The molecule has 0 aromatic rings. The van der Waals surface area contributed by atoms with Gasteiger partial charge in [0.05, 0.1) is 13.2 Å². The number of hydrogen-bond donors (Lipinski definition) is 8. The Labute approximate surface area is 228 Å². The number of rotatable bonds is 17. The summed E-state index contributed by atoms with van der Waals surface area (Å²) >= 11 is 0. The standard InChI is InChI=1S/C26H46O13/c1-3-5-7-9-11-18(30)25(36)23(35)21(33)17(14-28)38-26(25,19(31)12-10-8-6-4-2)39-24(15-29)22(34)20(32)16(13-27)37-24/h16-17,20-23,27-29,32-36H,3-15H2,1-2H3/t16-,17-,20-,21-,22+,23+,24?,25-,26+/m1/s1. The first-order valence-corrected chi connectivity index (χ1v) is 13.9. The van der Waals surface area contributed by atoms with Gasteiger partial charge in [0, 0.05) is 12.8 Å². The van der Waals surface area contributed by atoms with Gasteiger partial charge in [0.25, 0.3) is 5.79 Å². The maximum atomic E-state index is 13.9. The van der Waals surface area contributed by atoms with Crippen molar-refractivity contribution in [3.63, 3.8) is 0 Å². The maximum Gasteiger partial charge on any atom is 0.271 e. The average molecular weight is 567 g/mol. The SMILES string of the molecule is CCCCCCC(=O)[C@@]1(OC2(CO)O[C@H](CO)[C@@H](O)[C@@H]2O)O[C@H](CO)[C@@H](O)[C@H](O)[C@]1(O)C(=O)CCCCCC. The predicted molar refractivity (Wildman–Crippen MR) is 134 cm³/mol. The van der Waals surface area contributed by atoms with Crippen molar-refractivity contribution in [1.82, 2.24) is 0 Å². The molecule has 39 heavy (non-hydrogen) atoms. The van der Waals surface area contributed by atoms with Gasteiger partial charge in [-0.3, -0.25) is 9.59 Å². The number of carbonyl (C=O) groups excluding carboxylic acids is 2. The van der Waals surface area contributed by atoms with Crippen LogP contribution in [0.25, 0.3) is 0 Å². The molecule has 13 heteroatoms. The fraction of sp³-hybridized carbons (Fsp3) is 0.923. The van der Waals surface area contributed by atoms with Crippen LogP contribution in [0.4, 0.5) is 0 Å². The van der Waals surface area contributed by atoms with Gasteiger partial charge in [-0.1, -0.05) is 52.4 Å². The molecule has 2 heterocycles. The van der Waals surface area contributed by atoms with E-state index in [0.717, 1.165) is 25.7 Å². The van der Waals surface area contributed by atoms with E-state index in [1.807, 2.05) is 13.8 Å². The second-order valence-corrected chi connectivity index (χ2v) is 10.5. The first kappa shape index (κ1) is 34.1. The lowest BCUT2D eigenvalue weighted by Gasteiger charge is -2.55. The molecule has 0 radical (unpaired) electrons. The van der Waals surface area contributed by atoms with E-state index in [1.165, 1.54) is 0 Å². The minimum atomic E-state index is -3.26. The van der Waals surface area contributed by atoms with Gasteiger partial charge in [0.1, 0.15) is 43.2 Å². The zero-order valence-electron chi connectivity index (χ0n) is 22.8. The normalized spacial score (nSPS) is 38.7. The van der Waals surface area contributed by atoms with E-state index in [9.17, 15) is 50.4 Å². The van der Waals surface area contributed by atoms with Crippen molar-refractivity contribution in [2.75, 3.05) is 19.8 Å². The third-order valence-electron chi connectivity index (χ3n) is 7.66. The molecule has 0 saturated carbocycles. The van der Waals surface area contributed by atoms with E-state index >= 15 is 0 Å². The average Bonchev–Trinajstić information content (AvgIpc) is 3.18. The molecule has 2 aliphatic heterocycles. The highest BCUT2D eigenvalue weighted by molar-refractivity contribution is 5.99. The third-order valence-corrected chi connectivity index (χ3v) is 7.66. The molecule has 0 aromatic heterocycles. The van der Waals surface area contributed by atoms with Crippen LogP contribution in [0, 0.1) is 0 Å². The van der Waals surface area contributed by atoms with Crippen LogP contribution in [0.2, 0.25) is 0 Å². The zero-order valence-corrected chi connectivity index (χ0v) is 22.8. The van der Waals surface area contributed by atoms with Gasteiger partial charge in [0.2, 0.25) is 11.4 Å². The second-order valence-electron chi connectivity index (χ2n) is 10.5. The summed E-state index contributed by atoms with van der Waals surface area (Å²) in [4.78, 5) is 27.5. The van der Waals surface area contributed by atoms with E-state index in [1.54, 1.807) is 0 Å². The number of ketones is 2. The lowest BCUT2D eigenvalue weighted by atomic mass is 9.72. The van der Waals surface area contributed by atoms with Crippen LogP contribution in [0.15, 0.2) is 0 Å². The first-order chi connectivity index (χ1) is 18.5. The summed E-state index contributed by atoms with van der Waals surface area (Å²) in [7, 11) is 0. The van der Waals surface area contributed by atoms with Gasteiger partial charge in [-0.15, -0.1) is 0 Å². The molecular weight excluding hydrogens is 520 g/mol.